The molecule has 0 atom stereocenters. The van der Waals surface area contributed by atoms with Crippen LogP contribution in [0.4, 0.5) is 0 Å². The van der Waals surface area contributed by atoms with Gasteiger partial charge in [0.15, 0.2) is 11.5 Å². The zero-order chi connectivity index (χ0) is 17.5. The summed E-state index contributed by atoms with van der Waals surface area (Å²) in [6.07, 6.45) is 8.20. The Hall–Kier alpha value is -2.23. The van der Waals surface area contributed by atoms with E-state index in [9.17, 15) is 0 Å². The number of aromatic nitrogens is 2. The molecule has 4 nitrogen and oxygen atoms in total. The van der Waals surface area contributed by atoms with Crippen LogP contribution in [0.2, 0.25) is 0 Å². The number of imidazole rings is 1. The van der Waals surface area contributed by atoms with Gasteiger partial charge in [-0.15, -0.1) is 0 Å². The molecule has 0 saturated carbocycles. The average Bonchev–Trinajstić information content (AvgIpc) is 2.87. The standard InChI is InChI=1S/C20H29N2O2/c1-6-18-10-9-11-19(20(18)24-16(2)3)23-15-8-7-12-22-14-13-21(5)17(22)4/h6,9-11,13-14,16H,1,7-8,12,15H2,2-5H3/q+1. The summed E-state index contributed by atoms with van der Waals surface area (Å²) >= 11 is 0. The first-order valence-corrected chi connectivity index (χ1v) is 8.59. The molecule has 0 aliphatic carbocycles. The Bertz CT molecular complexity index is 674. The molecule has 0 saturated heterocycles. The summed E-state index contributed by atoms with van der Waals surface area (Å²) in [5.41, 5.74) is 0.969. The van der Waals surface area contributed by atoms with Crippen molar-refractivity contribution in [2.75, 3.05) is 6.61 Å². The van der Waals surface area contributed by atoms with E-state index in [4.69, 9.17) is 9.47 Å². The van der Waals surface area contributed by atoms with Crippen LogP contribution in [0.1, 0.15) is 38.1 Å². The van der Waals surface area contributed by atoms with Crippen LogP contribution in [0, 0.1) is 6.92 Å². The molecule has 130 valence electrons. The zero-order valence-corrected chi connectivity index (χ0v) is 15.3. The highest BCUT2D eigenvalue weighted by molar-refractivity contribution is 5.61. The Kier molecular flexibility index (Phi) is 6.47. The minimum Gasteiger partial charge on any atom is -0.490 e. The number of unbranched alkanes of at least 4 members (excludes halogenated alkanes) is 1. The summed E-state index contributed by atoms with van der Waals surface area (Å²) in [6, 6.07) is 5.93. The predicted octanol–water partition coefficient (Wildman–Crippen LogP) is 3.91. The Labute approximate surface area is 145 Å². The van der Waals surface area contributed by atoms with Gasteiger partial charge in [-0.05, 0) is 32.8 Å². The fourth-order valence-electron chi connectivity index (χ4n) is 2.57. The van der Waals surface area contributed by atoms with E-state index >= 15 is 0 Å². The lowest BCUT2D eigenvalue weighted by Gasteiger charge is -2.17. The molecule has 24 heavy (non-hydrogen) atoms. The molecule has 2 rings (SSSR count). The van der Waals surface area contributed by atoms with Crippen LogP contribution in [-0.2, 0) is 13.6 Å². The van der Waals surface area contributed by atoms with Gasteiger partial charge in [0.25, 0.3) is 5.82 Å². The fourth-order valence-corrected chi connectivity index (χ4v) is 2.57. The minimum atomic E-state index is 0.103. The molecule has 2 aromatic rings. The van der Waals surface area contributed by atoms with E-state index in [1.165, 1.54) is 5.82 Å². The van der Waals surface area contributed by atoms with Gasteiger partial charge < -0.3 is 9.47 Å². The maximum absolute atomic E-state index is 5.97. The third-order valence-corrected chi connectivity index (χ3v) is 4.03. The van der Waals surface area contributed by atoms with Crippen LogP contribution < -0.4 is 14.0 Å². The number of hydrogen-bond acceptors (Lipinski definition) is 2. The summed E-state index contributed by atoms with van der Waals surface area (Å²) in [5.74, 6) is 2.85. The van der Waals surface area contributed by atoms with Crippen molar-refractivity contribution in [3.05, 3.63) is 48.6 Å². The number of ether oxygens (including phenoxy) is 2. The highest BCUT2D eigenvalue weighted by atomic mass is 16.5. The van der Waals surface area contributed by atoms with Crippen LogP contribution in [0.3, 0.4) is 0 Å². The molecule has 0 spiro atoms. The second-order valence-electron chi connectivity index (χ2n) is 6.25. The number of para-hydroxylation sites is 1. The first-order chi connectivity index (χ1) is 11.5. The number of benzene rings is 1. The minimum absolute atomic E-state index is 0.103. The van der Waals surface area contributed by atoms with Gasteiger partial charge in [0.1, 0.15) is 12.4 Å². The molecule has 0 unspecified atom stereocenters. The Morgan fingerprint density at radius 1 is 1.29 bits per heavy atom. The van der Waals surface area contributed by atoms with Crippen LogP contribution in [0.25, 0.3) is 6.08 Å². The largest absolute Gasteiger partial charge is 0.490 e. The van der Waals surface area contributed by atoms with E-state index in [1.54, 1.807) is 6.08 Å². The molecular formula is C20H29N2O2+. The van der Waals surface area contributed by atoms with E-state index in [0.29, 0.717) is 6.61 Å². The molecular weight excluding hydrogens is 300 g/mol. The molecule has 0 aliphatic heterocycles. The van der Waals surface area contributed by atoms with Crippen LogP contribution in [0.15, 0.2) is 37.2 Å². The van der Waals surface area contributed by atoms with Crippen molar-refractivity contribution in [2.24, 2.45) is 7.05 Å². The van der Waals surface area contributed by atoms with Gasteiger partial charge in [0.2, 0.25) is 0 Å². The molecule has 0 bridgehead atoms. The maximum Gasteiger partial charge on any atom is 0.253 e. The van der Waals surface area contributed by atoms with Gasteiger partial charge in [0, 0.05) is 12.5 Å². The Morgan fingerprint density at radius 2 is 2.08 bits per heavy atom. The lowest BCUT2D eigenvalue weighted by molar-refractivity contribution is -0.677. The third kappa shape index (κ3) is 4.63. The van der Waals surface area contributed by atoms with Crippen molar-refractivity contribution >= 4 is 6.08 Å². The van der Waals surface area contributed by atoms with Crippen molar-refractivity contribution in [3.8, 4) is 11.5 Å². The van der Waals surface area contributed by atoms with Gasteiger partial charge in [-0.1, -0.05) is 24.8 Å². The monoisotopic (exact) mass is 329 g/mol. The molecule has 0 aliphatic rings. The van der Waals surface area contributed by atoms with E-state index < -0.39 is 0 Å². The first kappa shape index (κ1) is 18.1. The van der Waals surface area contributed by atoms with Crippen LogP contribution in [-0.4, -0.2) is 17.3 Å². The summed E-state index contributed by atoms with van der Waals surface area (Å²) < 4.78 is 16.3. The molecule has 0 N–H and O–H groups in total. The normalized spacial score (nSPS) is 10.9. The van der Waals surface area contributed by atoms with Gasteiger partial charge in [-0.2, -0.15) is 0 Å². The number of nitrogens with zero attached hydrogens (tertiary/aromatic N) is 2. The molecule has 0 amide bonds. The van der Waals surface area contributed by atoms with Gasteiger partial charge in [-0.3, -0.25) is 0 Å². The smallest absolute Gasteiger partial charge is 0.253 e. The van der Waals surface area contributed by atoms with E-state index in [2.05, 4.69) is 42.1 Å². The molecule has 1 aromatic carbocycles. The van der Waals surface area contributed by atoms with Crippen molar-refractivity contribution in [2.45, 2.75) is 46.3 Å². The lowest BCUT2D eigenvalue weighted by Crippen LogP contribution is -2.29. The van der Waals surface area contributed by atoms with Gasteiger partial charge in [0.05, 0.1) is 26.3 Å². The Balaban J connectivity index is 1.87. The average molecular weight is 329 g/mol. The number of rotatable bonds is 9. The summed E-state index contributed by atoms with van der Waals surface area (Å²) in [5, 5.41) is 0. The Morgan fingerprint density at radius 3 is 2.71 bits per heavy atom. The predicted molar refractivity (Wildman–Crippen MR) is 97.4 cm³/mol. The molecule has 4 heteroatoms. The summed E-state index contributed by atoms with van der Waals surface area (Å²) in [6.45, 7) is 11.7. The van der Waals surface area contributed by atoms with Crippen LogP contribution >= 0.6 is 0 Å². The van der Waals surface area contributed by atoms with E-state index in [1.807, 2.05) is 32.0 Å². The van der Waals surface area contributed by atoms with E-state index in [-0.39, 0.29) is 6.10 Å². The van der Waals surface area contributed by atoms with Crippen molar-refractivity contribution < 1.29 is 14.0 Å². The summed E-state index contributed by atoms with van der Waals surface area (Å²) in [4.78, 5) is 0. The molecule has 1 aromatic heterocycles. The van der Waals surface area contributed by atoms with Crippen molar-refractivity contribution in [1.29, 1.82) is 0 Å². The second-order valence-corrected chi connectivity index (χ2v) is 6.25. The highest BCUT2D eigenvalue weighted by Gasteiger charge is 2.11. The van der Waals surface area contributed by atoms with E-state index in [0.717, 1.165) is 36.4 Å². The van der Waals surface area contributed by atoms with Gasteiger partial charge in [-0.25, -0.2) is 9.13 Å². The lowest BCUT2D eigenvalue weighted by atomic mass is 10.2. The molecule has 0 radical (unpaired) electrons. The SMILES string of the molecule is C=Cc1cccc(OCCCCn2cc[n+](C)c2C)c1OC(C)C. The summed E-state index contributed by atoms with van der Waals surface area (Å²) in [7, 11) is 2.07. The third-order valence-electron chi connectivity index (χ3n) is 4.03. The maximum atomic E-state index is 5.97. The van der Waals surface area contributed by atoms with Crippen molar-refractivity contribution in [3.63, 3.8) is 0 Å². The van der Waals surface area contributed by atoms with Crippen molar-refractivity contribution in [1.82, 2.24) is 4.57 Å². The number of hydrogen-bond donors (Lipinski definition) is 0. The zero-order valence-electron chi connectivity index (χ0n) is 15.3. The van der Waals surface area contributed by atoms with Gasteiger partial charge >= 0.3 is 0 Å². The quantitative estimate of drug-likeness (QED) is 0.515. The number of aryl methyl sites for hydroxylation is 2. The highest BCUT2D eigenvalue weighted by Crippen LogP contribution is 2.33. The topological polar surface area (TPSA) is 27.3 Å². The molecule has 0 fully saturated rings. The van der Waals surface area contributed by atoms with Crippen LogP contribution in [0.5, 0.6) is 11.5 Å². The second kappa shape index (κ2) is 8.57. The fraction of sp³-hybridized carbons (Fsp3) is 0.450. The first-order valence-electron chi connectivity index (χ1n) is 8.59. The molecule has 1 heterocycles.